The molecule has 1 aliphatic heterocycles. The van der Waals surface area contributed by atoms with Crippen molar-refractivity contribution in [1.29, 1.82) is 0 Å². The maximum atomic E-state index is 12.6. The zero-order valence-corrected chi connectivity index (χ0v) is 20.0. The fraction of sp³-hybridized carbons (Fsp3) is 0.385. The quantitative estimate of drug-likeness (QED) is 0.428. The molecule has 0 radical (unpaired) electrons. The molecule has 1 atom stereocenters. The number of benzene rings is 1. The van der Waals surface area contributed by atoms with Gasteiger partial charge in [0.05, 0.1) is 29.4 Å². The van der Waals surface area contributed by atoms with Crippen LogP contribution in [0.5, 0.6) is 0 Å². The number of nitrogens with one attached hydrogen (secondary N) is 2. The lowest BCUT2D eigenvalue weighted by molar-refractivity contribution is 0.0950. The smallest absolute Gasteiger partial charge is 0.251 e. The molecule has 0 spiro atoms. The number of anilines is 1. The summed E-state index contributed by atoms with van der Waals surface area (Å²) in [5.74, 6) is -0.00747. The summed E-state index contributed by atoms with van der Waals surface area (Å²) in [6.45, 7) is 3.51. The number of rotatable bonds is 7. The minimum Gasteiger partial charge on any atom is -0.379 e. The van der Waals surface area contributed by atoms with Crippen LogP contribution in [0.15, 0.2) is 42.7 Å². The normalized spacial score (nSPS) is 17.7. The van der Waals surface area contributed by atoms with Crippen molar-refractivity contribution in [2.75, 3.05) is 18.5 Å². The van der Waals surface area contributed by atoms with Gasteiger partial charge in [0.25, 0.3) is 5.91 Å². The number of carbonyl (C=O) groups is 1. The fourth-order valence-corrected chi connectivity index (χ4v) is 4.64. The molecule has 4 heterocycles. The van der Waals surface area contributed by atoms with Crippen LogP contribution in [0.1, 0.15) is 41.6 Å². The molecule has 6 rings (SSSR count). The Morgan fingerprint density at radius 2 is 2.06 bits per heavy atom. The highest BCUT2D eigenvalue weighted by Gasteiger charge is 2.25. The molecule has 9 heteroatoms. The topological polar surface area (TPSA) is 98.4 Å². The van der Waals surface area contributed by atoms with Gasteiger partial charge in [-0.25, -0.2) is 9.50 Å². The largest absolute Gasteiger partial charge is 0.379 e. The minimum atomic E-state index is -0.00747. The van der Waals surface area contributed by atoms with Gasteiger partial charge < -0.3 is 15.4 Å². The molecule has 1 saturated carbocycles. The second kappa shape index (κ2) is 8.81. The standard InChI is InChI=1S/C26H29N7O2/c1-16-12-17(5-8-20(16)26(34)30-18-6-7-18)24-15-28-25-22(27-14-19-4-3-11-35-19)13-21(31-33(24)25)23-9-10-29-32(23)2/h5,8-10,12-13,15,18-19,27H,3-4,6-7,11,14H2,1-2H3,(H,30,34)/t19-/m0/s1. The number of nitrogens with zero attached hydrogens (tertiary/aromatic N) is 5. The number of imidazole rings is 1. The number of hydrogen-bond acceptors (Lipinski definition) is 6. The summed E-state index contributed by atoms with van der Waals surface area (Å²) in [5.41, 5.74) is 6.80. The third-order valence-corrected chi connectivity index (χ3v) is 6.77. The van der Waals surface area contributed by atoms with Crippen LogP contribution in [0.4, 0.5) is 5.69 Å². The monoisotopic (exact) mass is 471 g/mol. The van der Waals surface area contributed by atoms with E-state index in [0.717, 1.165) is 78.4 Å². The van der Waals surface area contributed by atoms with Gasteiger partial charge in [0.15, 0.2) is 5.65 Å². The van der Waals surface area contributed by atoms with Crippen LogP contribution in [-0.2, 0) is 11.8 Å². The van der Waals surface area contributed by atoms with Crippen LogP contribution in [0, 0.1) is 6.92 Å². The summed E-state index contributed by atoms with van der Waals surface area (Å²) in [4.78, 5) is 17.3. The first kappa shape index (κ1) is 21.8. The Hall–Kier alpha value is -3.72. The first-order chi connectivity index (χ1) is 17.1. The van der Waals surface area contributed by atoms with E-state index < -0.39 is 0 Å². The number of amides is 1. The second-order valence-electron chi connectivity index (χ2n) is 9.46. The lowest BCUT2D eigenvalue weighted by Gasteiger charge is -2.14. The predicted octanol–water partition coefficient (Wildman–Crippen LogP) is 3.59. The molecule has 0 unspecified atom stereocenters. The fourth-order valence-electron chi connectivity index (χ4n) is 4.64. The molecule has 35 heavy (non-hydrogen) atoms. The second-order valence-corrected chi connectivity index (χ2v) is 9.46. The Labute approximate surface area is 203 Å². The third-order valence-electron chi connectivity index (χ3n) is 6.77. The van der Waals surface area contributed by atoms with E-state index in [4.69, 9.17) is 14.8 Å². The summed E-state index contributed by atoms with van der Waals surface area (Å²) < 4.78 is 9.49. The molecule has 180 valence electrons. The van der Waals surface area contributed by atoms with Gasteiger partial charge in [-0.2, -0.15) is 10.2 Å². The van der Waals surface area contributed by atoms with Crippen LogP contribution in [0.2, 0.25) is 0 Å². The zero-order valence-electron chi connectivity index (χ0n) is 20.0. The first-order valence-corrected chi connectivity index (χ1v) is 12.2. The van der Waals surface area contributed by atoms with Crippen molar-refractivity contribution in [1.82, 2.24) is 29.7 Å². The molecule has 0 bridgehead atoms. The first-order valence-electron chi connectivity index (χ1n) is 12.2. The van der Waals surface area contributed by atoms with E-state index in [1.165, 1.54) is 0 Å². The molecule has 1 amide bonds. The highest BCUT2D eigenvalue weighted by molar-refractivity contribution is 5.96. The van der Waals surface area contributed by atoms with Gasteiger partial charge in [-0.05, 0) is 62.4 Å². The van der Waals surface area contributed by atoms with Gasteiger partial charge in [-0.3, -0.25) is 9.48 Å². The Balaban J connectivity index is 1.39. The highest BCUT2D eigenvalue weighted by atomic mass is 16.5. The van der Waals surface area contributed by atoms with Crippen molar-refractivity contribution in [3.05, 3.63) is 53.9 Å². The molecule has 1 aromatic carbocycles. The Kier molecular flexibility index (Phi) is 5.49. The highest BCUT2D eigenvalue weighted by Crippen LogP contribution is 2.29. The summed E-state index contributed by atoms with van der Waals surface area (Å²) >= 11 is 0. The maximum absolute atomic E-state index is 12.6. The van der Waals surface area contributed by atoms with E-state index in [-0.39, 0.29) is 12.0 Å². The lowest BCUT2D eigenvalue weighted by Crippen LogP contribution is -2.26. The molecule has 2 N–H and O–H groups in total. The number of ether oxygens (including phenoxy) is 1. The van der Waals surface area contributed by atoms with Crippen molar-refractivity contribution in [3.63, 3.8) is 0 Å². The maximum Gasteiger partial charge on any atom is 0.251 e. The van der Waals surface area contributed by atoms with Crippen LogP contribution < -0.4 is 10.6 Å². The van der Waals surface area contributed by atoms with Crippen molar-refractivity contribution in [3.8, 4) is 22.6 Å². The van der Waals surface area contributed by atoms with E-state index in [1.54, 1.807) is 6.20 Å². The van der Waals surface area contributed by atoms with Crippen LogP contribution in [0.3, 0.4) is 0 Å². The van der Waals surface area contributed by atoms with E-state index >= 15 is 0 Å². The van der Waals surface area contributed by atoms with Crippen molar-refractivity contribution < 1.29 is 9.53 Å². The van der Waals surface area contributed by atoms with E-state index in [9.17, 15) is 4.79 Å². The number of aromatic nitrogens is 5. The molecular formula is C26H29N7O2. The Morgan fingerprint density at radius 1 is 1.17 bits per heavy atom. The van der Waals surface area contributed by atoms with E-state index in [1.807, 2.05) is 59.7 Å². The Bertz CT molecular complexity index is 1400. The molecule has 4 aromatic rings. The summed E-state index contributed by atoms with van der Waals surface area (Å²) in [5, 5.41) is 15.9. The third kappa shape index (κ3) is 4.27. The van der Waals surface area contributed by atoms with E-state index in [2.05, 4.69) is 15.7 Å². The summed E-state index contributed by atoms with van der Waals surface area (Å²) in [6.07, 6.45) is 8.10. The van der Waals surface area contributed by atoms with Gasteiger partial charge >= 0.3 is 0 Å². The average molecular weight is 472 g/mol. The number of aryl methyl sites for hydroxylation is 2. The molecule has 9 nitrogen and oxygen atoms in total. The molecule has 1 saturated heterocycles. The molecule has 2 aliphatic rings. The van der Waals surface area contributed by atoms with Gasteiger partial charge in [0.1, 0.15) is 5.69 Å². The van der Waals surface area contributed by atoms with Crippen LogP contribution >= 0.6 is 0 Å². The SMILES string of the molecule is Cc1cc(-c2cnc3c(NC[C@@H]4CCCO4)cc(-c4ccnn4C)nn23)ccc1C(=O)NC1CC1. The summed E-state index contributed by atoms with van der Waals surface area (Å²) in [6, 6.07) is 10.2. The van der Waals surface area contributed by atoms with E-state index in [0.29, 0.717) is 11.6 Å². The van der Waals surface area contributed by atoms with Crippen molar-refractivity contribution in [2.45, 2.75) is 44.8 Å². The lowest BCUT2D eigenvalue weighted by atomic mass is 10.0. The van der Waals surface area contributed by atoms with Gasteiger partial charge in [-0.1, -0.05) is 6.07 Å². The van der Waals surface area contributed by atoms with Crippen LogP contribution in [-0.4, -0.2) is 55.6 Å². The van der Waals surface area contributed by atoms with Crippen LogP contribution in [0.25, 0.3) is 28.3 Å². The van der Waals surface area contributed by atoms with Gasteiger partial charge in [-0.15, -0.1) is 0 Å². The predicted molar refractivity (Wildman–Crippen MR) is 133 cm³/mol. The molecule has 1 aliphatic carbocycles. The van der Waals surface area contributed by atoms with Gasteiger partial charge in [0, 0.05) is 43.6 Å². The number of hydrogen-bond donors (Lipinski definition) is 2. The van der Waals surface area contributed by atoms with Crippen molar-refractivity contribution in [2.24, 2.45) is 7.05 Å². The number of fused-ring (bicyclic) bond motifs is 1. The van der Waals surface area contributed by atoms with Crippen molar-refractivity contribution >= 4 is 17.2 Å². The summed E-state index contributed by atoms with van der Waals surface area (Å²) in [7, 11) is 1.91. The number of carbonyl (C=O) groups excluding carboxylic acids is 1. The molecular weight excluding hydrogens is 442 g/mol. The minimum absolute atomic E-state index is 0.00747. The molecule has 3 aromatic heterocycles. The Morgan fingerprint density at radius 3 is 2.77 bits per heavy atom. The average Bonchev–Trinajstić information content (AvgIpc) is 3.22. The van der Waals surface area contributed by atoms with Gasteiger partial charge in [0.2, 0.25) is 0 Å². The molecule has 2 fully saturated rings. The zero-order chi connectivity index (χ0) is 23.9.